The minimum absolute atomic E-state index is 0.0903. The van der Waals surface area contributed by atoms with Gasteiger partial charge in [-0.25, -0.2) is 12.7 Å². The largest absolute Gasteiger partial charge is 0.487 e. The number of ether oxygens (including phenoxy) is 1. The van der Waals surface area contributed by atoms with E-state index in [1.54, 1.807) is 0 Å². The molecule has 170 valence electrons. The molecule has 3 rings (SSSR count). The zero-order valence-corrected chi connectivity index (χ0v) is 19.5. The molecule has 0 amide bonds. The molecule has 0 radical (unpaired) electrons. The number of sulfonamides is 1. The third-order valence-corrected chi connectivity index (χ3v) is 9.19. The molecule has 2 fully saturated rings. The number of piperidine rings is 1. The highest BCUT2D eigenvalue weighted by Crippen LogP contribution is 2.43. The van der Waals surface area contributed by atoms with E-state index in [0.29, 0.717) is 19.5 Å². The van der Waals surface area contributed by atoms with Gasteiger partial charge < -0.3 is 19.6 Å². The summed E-state index contributed by atoms with van der Waals surface area (Å²) in [5, 5.41) is 9.61. The summed E-state index contributed by atoms with van der Waals surface area (Å²) in [4.78, 5) is 18.3. The molecule has 3 atom stereocenters. The van der Waals surface area contributed by atoms with Crippen LogP contribution in [0.3, 0.4) is 0 Å². The Balaban J connectivity index is 1.75. The van der Waals surface area contributed by atoms with Gasteiger partial charge in [0, 0.05) is 19.5 Å². The number of hydrogen-bond acceptors (Lipinski definition) is 5. The third-order valence-electron chi connectivity index (χ3n) is 5.50. The van der Waals surface area contributed by atoms with Crippen LogP contribution in [0.2, 0.25) is 10.0 Å². The van der Waals surface area contributed by atoms with Crippen LogP contribution in [-0.4, -0.2) is 58.2 Å². The van der Waals surface area contributed by atoms with Crippen LogP contribution in [0.5, 0.6) is 5.75 Å². The predicted molar refractivity (Wildman–Crippen MR) is 115 cm³/mol. The smallest absolute Gasteiger partial charge is 0.329 e. The molecule has 2 unspecified atom stereocenters. The summed E-state index contributed by atoms with van der Waals surface area (Å²) >= 11 is 12.4. The molecule has 1 heterocycles. The van der Waals surface area contributed by atoms with Gasteiger partial charge in [-0.15, -0.1) is 0 Å². The van der Waals surface area contributed by atoms with Crippen LogP contribution in [-0.2, 0) is 20.8 Å². The van der Waals surface area contributed by atoms with Gasteiger partial charge in [0.05, 0.1) is 22.3 Å². The molecule has 8 nitrogen and oxygen atoms in total. The molecule has 1 aromatic rings. The van der Waals surface area contributed by atoms with Crippen LogP contribution in [0.4, 0.5) is 0 Å². The lowest BCUT2D eigenvalue weighted by atomic mass is 9.94. The number of halogens is 2. The zero-order chi connectivity index (χ0) is 22.1. The first-order valence-corrected chi connectivity index (χ1v) is 13.9. The number of aliphatic hydroxyl groups excluding tert-OH is 1. The first-order chi connectivity index (χ1) is 14.0. The SMILES string of the molecule is O=P(O)(O)Cc1cc(Cl)c(O[C@@H]2CCC(O)C(S(=O)(=O)N3CCCCC3)C2)c(Cl)c1. The average molecular weight is 502 g/mol. The summed E-state index contributed by atoms with van der Waals surface area (Å²) < 4.78 is 44.7. The highest BCUT2D eigenvalue weighted by atomic mass is 35.5. The molecule has 3 N–H and O–H groups in total. The van der Waals surface area contributed by atoms with Gasteiger partial charge >= 0.3 is 7.60 Å². The molecular weight excluding hydrogens is 476 g/mol. The van der Waals surface area contributed by atoms with E-state index in [1.807, 2.05) is 0 Å². The molecule has 1 saturated heterocycles. The average Bonchev–Trinajstić information content (AvgIpc) is 2.65. The van der Waals surface area contributed by atoms with Crippen LogP contribution < -0.4 is 4.74 Å². The van der Waals surface area contributed by atoms with Gasteiger partial charge in [-0.05, 0) is 43.4 Å². The van der Waals surface area contributed by atoms with Crippen molar-refractivity contribution in [2.24, 2.45) is 0 Å². The monoisotopic (exact) mass is 501 g/mol. The van der Waals surface area contributed by atoms with Gasteiger partial charge in [0.2, 0.25) is 10.0 Å². The molecule has 0 bridgehead atoms. The molecule has 0 aromatic heterocycles. The minimum Gasteiger partial charge on any atom is -0.487 e. The van der Waals surface area contributed by atoms with Crippen molar-refractivity contribution in [1.82, 2.24) is 4.31 Å². The van der Waals surface area contributed by atoms with Crippen LogP contribution in [0.15, 0.2) is 12.1 Å². The molecule has 12 heteroatoms. The van der Waals surface area contributed by atoms with Crippen LogP contribution in [0.25, 0.3) is 0 Å². The van der Waals surface area contributed by atoms with Crippen molar-refractivity contribution in [2.45, 2.75) is 62.1 Å². The predicted octanol–water partition coefficient (Wildman–Crippen LogP) is 3.15. The summed E-state index contributed by atoms with van der Waals surface area (Å²) in [5.41, 5.74) is 0.273. The van der Waals surface area contributed by atoms with Gasteiger partial charge in [0.15, 0.2) is 5.75 Å². The number of rotatable bonds is 6. The second-order valence-corrected chi connectivity index (χ2v) is 12.5. The normalized spacial score (nSPS) is 26.5. The van der Waals surface area contributed by atoms with Crippen molar-refractivity contribution < 1.29 is 32.6 Å². The lowest BCUT2D eigenvalue weighted by Gasteiger charge is -2.37. The second kappa shape index (κ2) is 9.63. The maximum atomic E-state index is 13.0. The van der Waals surface area contributed by atoms with Crippen molar-refractivity contribution in [2.75, 3.05) is 13.1 Å². The van der Waals surface area contributed by atoms with Crippen LogP contribution in [0, 0.1) is 0 Å². The molecule has 1 saturated carbocycles. The fourth-order valence-electron chi connectivity index (χ4n) is 4.04. The van der Waals surface area contributed by atoms with Gasteiger partial charge in [0.1, 0.15) is 11.4 Å². The van der Waals surface area contributed by atoms with Gasteiger partial charge in [0.25, 0.3) is 0 Å². The first kappa shape index (κ1) is 24.3. The summed E-state index contributed by atoms with van der Waals surface area (Å²) in [7, 11) is -7.94. The maximum absolute atomic E-state index is 13.0. The number of hydrogen-bond donors (Lipinski definition) is 3. The van der Waals surface area contributed by atoms with Crippen LogP contribution in [0.1, 0.15) is 44.1 Å². The van der Waals surface area contributed by atoms with Crippen molar-refractivity contribution in [3.05, 3.63) is 27.7 Å². The number of benzene rings is 1. The van der Waals surface area contributed by atoms with E-state index in [0.717, 1.165) is 19.3 Å². The van der Waals surface area contributed by atoms with Crippen molar-refractivity contribution in [3.8, 4) is 5.75 Å². The van der Waals surface area contributed by atoms with Crippen molar-refractivity contribution in [1.29, 1.82) is 0 Å². The highest BCUT2D eigenvalue weighted by molar-refractivity contribution is 7.89. The van der Waals surface area contributed by atoms with Crippen LogP contribution >= 0.6 is 30.8 Å². The van der Waals surface area contributed by atoms with E-state index >= 15 is 0 Å². The molecule has 1 aromatic carbocycles. The fraction of sp³-hybridized carbons (Fsp3) is 0.667. The van der Waals surface area contributed by atoms with Gasteiger partial charge in [-0.3, -0.25) is 4.57 Å². The molecule has 0 spiro atoms. The quantitative estimate of drug-likeness (QED) is 0.511. The number of nitrogens with zero attached hydrogens (tertiary/aromatic N) is 1. The fourth-order valence-corrected chi connectivity index (χ4v) is 7.46. The first-order valence-electron chi connectivity index (χ1n) is 9.83. The molecular formula is C18H26Cl2NO7PS. The Labute approximate surface area is 186 Å². The Morgan fingerprint density at radius 1 is 1.10 bits per heavy atom. The summed E-state index contributed by atoms with van der Waals surface area (Å²) in [6, 6.07) is 2.75. The van der Waals surface area contributed by atoms with Crippen molar-refractivity contribution >= 4 is 40.8 Å². The standard InChI is InChI=1S/C18H26Cl2NO7PS/c19-14-8-12(11-29(23,24)25)9-15(20)18(14)28-13-4-5-16(22)17(10-13)30(26,27)21-6-2-1-3-7-21/h8-9,13,16-17,22H,1-7,10-11H2,(H2,23,24,25)/t13-,16?,17?/m1/s1. The molecule has 1 aliphatic heterocycles. The molecule has 1 aliphatic carbocycles. The summed E-state index contributed by atoms with van der Waals surface area (Å²) in [5.74, 6) is 0.142. The van der Waals surface area contributed by atoms with E-state index in [4.69, 9.17) is 37.7 Å². The minimum atomic E-state index is -4.28. The van der Waals surface area contributed by atoms with Gasteiger partial charge in [-0.1, -0.05) is 29.6 Å². The Bertz CT molecular complexity index is 894. The lowest BCUT2D eigenvalue weighted by Crippen LogP contribution is -2.50. The second-order valence-electron chi connectivity index (χ2n) is 7.87. The topological polar surface area (TPSA) is 124 Å². The Morgan fingerprint density at radius 2 is 1.70 bits per heavy atom. The number of aliphatic hydroxyl groups is 1. The molecule has 2 aliphatic rings. The van der Waals surface area contributed by atoms with E-state index in [-0.39, 0.29) is 34.2 Å². The highest BCUT2D eigenvalue weighted by Gasteiger charge is 2.42. The van der Waals surface area contributed by atoms with E-state index < -0.39 is 41.2 Å². The van der Waals surface area contributed by atoms with E-state index in [1.165, 1.54) is 16.4 Å². The Kier molecular flexibility index (Phi) is 7.79. The van der Waals surface area contributed by atoms with E-state index in [9.17, 15) is 18.1 Å². The Hall–Kier alpha value is -0.380. The third kappa shape index (κ3) is 5.90. The summed E-state index contributed by atoms with van der Waals surface area (Å²) in [6.45, 7) is 0.936. The lowest BCUT2D eigenvalue weighted by molar-refractivity contribution is 0.0676. The zero-order valence-electron chi connectivity index (χ0n) is 16.3. The van der Waals surface area contributed by atoms with E-state index in [2.05, 4.69) is 0 Å². The Morgan fingerprint density at radius 3 is 2.27 bits per heavy atom. The van der Waals surface area contributed by atoms with Crippen molar-refractivity contribution in [3.63, 3.8) is 0 Å². The van der Waals surface area contributed by atoms with Gasteiger partial charge in [-0.2, -0.15) is 0 Å². The molecule has 30 heavy (non-hydrogen) atoms. The maximum Gasteiger partial charge on any atom is 0.329 e. The summed E-state index contributed by atoms with van der Waals surface area (Å²) in [6.07, 6.45) is 1.46.